The Labute approximate surface area is 154 Å². The van der Waals surface area contributed by atoms with Gasteiger partial charge >= 0.3 is 0 Å². The van der Waals surface area contributed by atoms with Crippen LogP contribution in [0.5, 0.6) is 0 Å². The first-order chi connectivity index (χ1) is 11.8. The van der Waals surface area contributed by atoms with Gasteiger partial charge in [0.2, 0.25) is 0 Å². The van der Waals surface area contributed by atoms with Crippen molar-refractivity contribution in [3.05, 3.63) is 0 Å². The number of rotatable bonds is 11. The molecule has 3 aliphatic rings. The molecule has 4 N–H and O–H groups in total. The molecule has 25 heavy (non-hydrogen) atoms. The molecule has 3 rings (SSSR count). The third-order valence-corrected chi connectivity index (χ3v) is 6.20. The summed E-state index contributed by atoms with van der Waals surface area (Å²) in [6.07, 6.45) is 6.44. The van der Waals surface area contributed by atoms with Gasteiger partial charge in [0.15, 0.2) is 0 Å². The summed E-state index contributed by atoms with van der Waals surface area (Å²) in [6.45, 7) is 12.8. The second-order valence-electron chi connectivity index (χ2n) is 9.33. The highest BCUT2D eigenvalue weighted by molar-refractivity contribution is 4.93. The minimum absolute atomic E-state index is 0.372. The third-order valence-electron chi connectivity index (χ3n) is 6.20. The summed E-state index contributed by atoms with van der Waals surface area (Å²) in [7, 11) is 0. The van der Waals surface area contributed by atoms with Crippen LogP contribution in [0, 0.1) is 11.8 Å². The second kappa shape index (κ2) is 8.22. The van der Waals surface area contributed by atoms with Crippen molar-refractivity contribution in [2.75, 3.05) is 26.2 Å². The maximum absolute atomic E-state index is 6.43. The summed E-state index contributed by atoms with van der Waals surface area (Å²) in [6, 6.07) is 2.44. The third kappa shape index (κ3) is 6.17. The summed E-state index contributed by atoms with van der Waals surface area (Å²) in [4.78, 5) is 2.41. The lowest BCUT2D eigenvalue weighted by molar-refractivity contribution is -0.0422. The number of likely N-dealkylation sites (tertiary alicyclic amines) is 1. The van der Waals surface area contributed by atoms with Crippen LogP contribution in [0.25, 0.3) is 0 Å². The predicted octanol–water partition coefficient (Wildman–Crippen LogP) is 1.92. The molecule has 3 fully saturated rings. The fraction of sp³-hybridized carbons (Fsp3) is 1.00. The van der Waals surface area contributed by atoms with Crippen molar-refractivity contribution in [3.63, 3.8) is 0 Å². The normalized spacial score (nSPS) is 35.3. The van der Waals surface area contributed by atoms with Gasteiger partial charge in [0.1, 0.15) is 5.72 Å². The largest absolute Gasteiger partial charge is 0.358 e. The number of ether oxygens (including phenoxy) is 1. The van der Waals surface area contributed by atoms with Crippen molar-refractivity contribution in [3.8, 4) is 0 Å². The average molecular weight is 353 g/mol. The minimum Gasteiger partial charge on any atom is -0.358 e. The van der Waals surface area contributed by atoms with E-state index >= 15 is 0 Å². The SMILES string of the molecule is CC(C)N1CCC(N)(OC[C@H](C)NCC2CC2C[C@H](C)NC2CC2)C1. The van der Waals surface area contributed by atoms with Gasteiger partial charge < -0.3 is 21.1 Å². The number of nitrogens with two attached hydrogens (primary N) is 1. The number of nitrogens with one attached hydrogen (secondary N) is 2. The molecule has 1 aliphatic heterocycles. The highest BCUT2D eigenvalue weighted by Crippen LogP contribution is 2.41. The smallest absolute Gasteiger partial charge is 0.130 e. The van der Waals surface area contributed by atoms with E-state index in [0.717, 1.165) is 43.9 Å². The first-order valence-corrected chi connectivity index (χ1v) is 10.5. The van der Waals surface area contributed by atoms with Crippen molar-refractivity contribution in [2.24, 2.45) is 17.6 Å². The van der Waals surface area contributed by atoms with E-state index in [1.165, 1.54) is 25.7 Å². The molecule has 5 atom stereocenters. The highest BCUT2D eigenvalue weighted by atomic mass is 16.5. The Morgan fingerprint density at radius 2 is 1.92 bits per heavy atom. The lowest BCUT2D eigenvalue weighted by atomic mass is 10.1. The van der Waals surface area contributed by atoms with Crippen LogP contribution in [0.1, 0.15) is 59.8 Å². The molecule has 0 aromatic rings. The molecule has 146 valence electrons. The van der Waals surface area contributed by atoms with E-state index in [-0.39, 0.29) is 0 Å². The van der Waals surface area contributed by atoms with Crippen molar-refractivity contribution in [1.29, 1.82) is 0 Å². The maximum atomic E-state index is 6.43. The zero-order chi connectivity index (χ0) is 18.0. The van der Waals surface area contributed by atoms with Crippen molar-refractivity contribution in [1.82, 2.24) is 15.5 Å². The molecule has 5 heteroatoms. The summed E-state index contributed by atoms with van der Waals surface area (Å²) >= 11 is 0. The van der Waals surface area contributed by atoms with Gasteiger partial charge in [0.05, 0.1) is 6.61 Å². The Morgan fingerprint density at radius 1 is 1.16 bits per heavy atom. The summed E-state index contributed by atoms with van der Waals surface area (Å²) in [5.41, 5.74) is 5.97. The van der Waals surface area contributed by atoms with E-state index in [1.807, 2.05) is 0 Å². The summed E-state index contributed by atoms with van der Waals surface area (Å²) in [5, 5.41) is 7.38. The van der Waals surface area contributed by atoms with Gasteiger partial charge in [-0.1, -0.05) is 0 Å². The molecule has 0 bridgehead atoms. The number of hydrogen-bond acceptors (Lipinski definition) is 5. The fourth-order valence-corrected chi connectivity index (χ4v) is 4.12. The van der Waals surface area contributed by atoms with Crippen molar-refractivity contribution < 1.29 is 4.74 Å². The van der Waals surface area contributed by atoms with E-state index in [4.69, 9.17) is 10.5 Å². The summed E-state index contributed by atoms with van der Waals surface area (Å²) in [5.74, 6) is 1.78. The van der Waals surface area contributed by atoms with Crippen LogP contribution in [0.3, 0.4) is 0 Å². The van der Waals surface area contributed by atoms with Gasteiger partial charge in [-0.25, -0.2) is 0 Å². The second-order valence-corrected chi connectivity index (χ2v) is 9.33. The minimum atomic E-state index is -0.452. The Morgan fingerprint density at radius 3 is 2.56 bits per heavy atom. The summed E-state index contributed by atoms with van der Waals surface area (Å²) < 4.78 is 6.09. The van der Waals surface area contributed by atoms with Crippen LogP contribution in [-0.4, -0.2) is 61.0 Å². The molecule has 0 aromatic carbocycles. The van der Waals surface area contributed by atoms with Gasteiger partial charge in [0.25, 0.3) is 0 Å². The lowest BCUT2D eigenvalue weighted by Crippen LogP contribution is -2.48. The van der Waals surface area contributed by atoms with Gasteiger partial charge in [-0.15, -0.1) is 0 Å². The first kappa shape index (κ1) is 19.6. The molecule has 2 saturated carbocycles. The number of hydrogen-bond donors (Lipinski definition) is 3. The molecule has 1 saturated heterocycles. The van der Waals surface area contributed by atoms with Crippen molar-refractivity contribution >= 4 is 0 Å². The Kier molecular flexibility index (Phi) is 6.43. The standard InChI is InChI=1S/C20H40N4O/c1-14(2)24-8-7-20(21,13-24)25-12-16(4)22-11-18-10-17(18)9-15(3)23-19-5-6-19/h14-19,22-23H,5-13,21H2,1-4H3/t15-,16-,17?,18?,20?/m0/s1. The van der Waals surface area contributed by atoms with Gasteiger partial charge in [-0.3, -0.25) is 4.90 Å². The zero-order valence-electron chi connectivity index (χ0n) is 16.8. The van der Waals surface area contributed by atoms with E-state index in [2.05, 4.69) is 43.2 Å². The predicted molar refractivity (Wildman–Crippen MR) is 103 cm³/mol. The molecular weight excluding hydrogens is 312 g/mol. The van der Waals surface area contributed by atoms with Crippen molar-refractivity contribution in [2.45, 2.75) is 89.7 Å². The van der Waals surface area contributed by atoms with E-state index in [1.54, 1.807) is 0 Å². The van der Waals surface area contributed by atoms with Crippen LogP contribution in [0.2, 0.25) is 0 Å². The fourth-order valence-electron chi connectivity index (χ4n) is 4.12. The molecule has 0 aromatic heterocycles. The molecule has 1 heterocycles. The number of nitrogens with zero attached hydrogens (tertiary/aromatic N) is 1. The first-order valence-electron chi connectivity index (χ1n) is 10.5. The van der Waals surface area contributed by atoms with Gasteiger partial charge in [0, 0.05) is 43.7 Å². The van der Waals surface area contributed by atoms with Gasteiger partial charge in [-0.2, -0.15) is 0 Å². The van der Waals surface area contributed by atoms with Crippen LogP contribution >= 0.6 is 0 Å². The maximum Gasteiger partial charge on any atom is 0.130 e. The van der Waals surface area contributed by atoms with Gasteiger partial charge in [-0.05, 0) is 71.8 Å². The molecule has 2 aliphatic carbocycles. The molecule has 3 unspecified atom stereocenters. The van der Waals surface area contributed by atoms with Crippen LogP contribution in [-0.2, 0) is 4.74 Å². The highest BCUT2D eigenvalue weighted by Gasteiger charge is 2.39. The topological polar surface area (TPSA) is 62.5 Å². The zero-order valence-corrected chi connectivity index (χ0v) is 16.8. The molecule has 0 amide bonds. The Hall–Kier alpha value is -0.200. The quantitative estimate of drug-likeness (QED) is 0.496. The Bertz CT molecular complexity index is 428. The van der Waals surface area contributed by atoms with Crippen LogP contribution in [0.4, 0.5) is 0 Å². The molecular formula is C20H40N4O. The van der Waals surface area contributed by atoms with E-state index in [0.29, 0.717) is 24.7 Å². The molecule has 5 nitrogen and oxygen atoms in total. The average Bonchev–Trinajstić information content (AvgIpc) is 3.45. The molecule has 0 spiro atoms. The monoisotopic (exact) mass is 352 g/mol. The van der Waals surface area contributed by atoms with Crippen LogP contribution in [0.15, 0.2) is 0 Å². The van der Waals surface area contributed by atoms with E-state index < -0.39 is 5.72 Å². The van der Waals surface area contributed by atoms with E-state index in [9.17, 15) is 0 Å². The Balaban J connectivity index is 1.26. The lowest BCUT2D eigenvalue weighted by Gasteiger charge is -2.28. The molecule has 0 radical (unpaired) electrons. The van der Waals surface area contributed by atoms with Crippen LogP contribution < -0.4 is 16.4 Å².